The van der Waals surface area contributed by atoms with E-state index < -0.39 is 26.1 Å². The summed E-state index contributed by atoms with van der Waals surface area (Å²) in [5.74, 6) is 0.365. The molecule has 1 aromatic heterocycles. The SMILES string of the molecule is CC1(C)Oc2cc3nonc3cc2C(NC(=O)CC(CCBr)O[Si](C)(C)C(C)(C)C)C1O. The first kappa shape index (κ1) is 25.1. The monoisotopic (exact) mass is 527 g/mol. The van der Waals surface area contributed by atoms with Crippen molar-refractivity contribution in [3.63, 3.8) is 0 Å². The van der Waals surface area contributed by atoms with Gasteiger partial charge in [0.15, 0.2) is 8.32 Å². The standard InChI is InChI=1S/C22H34BrN3O5Si/c1-21(2,3)32(6,7)30-13(8-9-23)10-18(27)24-19-14-11-15-16(26-31-25-15)12-17(14)29-22(4,5)20(19)28/h11-13,19-20,28H,8-10H2,1-7H3,(H,24,27). The van der Waals surface area contributed by atoms with Crippen molar-refractivity contribution in [3.8, 4) is 5.75 Å². The summed E-state index contributed by atoms with van der Waals surface area (Å²) in [6, 6.07) is 2.81. The zero-order valence-electron chi connectivity index (χ0n) is 19.9. The Morgan fingerprint density at radius 3 is 2.53 bits per heavy atom. The molecule has 1 aliphatic rings. The van der Waals surface area contributed by atoms with Gasteiger partial charge in [0.1, 0.15) is 28.5 Å². The largest absolute Gasteiger partial charge is 0.485 e. The first-order valence-electron chi connectivity index (χ1n) is 10.9. The molecule has 1 aliphatic heterocycles. The highest BCUT2D eigenvalue weighted by Gasteiger charge is 2.44. The third-order valence-corrected chi connectivity index (χ3v) is 11.5. The third-order valence-electron chi connectivity index (χ3n) is 6.55. The minimum absolute atomic E-state index is 0.0465. The Hall–Kier alpha value is -1.49. The summed E-state index contributed by atoms with van der Waals surface area (Å²) < 4.78 is 17.3. The van der Waals surface area contributed by atoms with Gasteiger partial charge in [0.25, 0.3) is 0 Å². The van der Waals surface area contributed by atoms with Crippen LogP contribution in [0.1, 0.15) is 59.1 Å². The molecule has 0 saturated carbocycles. The van der Waals surface area contributed by atoms with E-state index in [0.29, 0.717) is 22.3 Å². The predicted octanol–water partition coefficient (Wildman–Crippen LogP) is 4.48. The summed E-state index contributed by atoms with van der Waals surface area (Å²) in [5, 5.41) is 22.6. The van der Waals surface area contributed by atoms with E-state index in [1.165, 1.54) is 0 Å². The molecule has 0 spiro atoms. The van der Waals surface area contributed by atoms with Gasteiger partial charge in [0.2, 0.25) is 5.91 Å². The first-order valence-corrected chi connectivity index (χ1v) is 14.9. The fourth-order valence-corrected chi connectivity index (χ4v) is 5.49. The van der Waals surface area contributed by atoms with Gasteiger partial charge in [-0.05, 0) is 54.8 Å². The summed E-state index contributed by atoms with van der Waals surface area (Å²) in [6.45, 7) is 14.5. The quantitative estimate of drug-likeness (QED) is 0.403. The number of hydrogen-bond acceptors (Lipinski definition) is 7. The van der Waals surface area contributed by atoms with E-state index >= 15 is 0 Å². The average Bonchev–Trinajstić information content (AvgIpc) is 3.10. The maximum atomic E-state index is 13.1. The van der Waals surface area contributed by atoms with Crippen LogP contribution in [0.15, 0.2) is 16.8 Å². The Labute approximate surface area is 198 Å². The molecule has 178 valence electrons. The number of rotatable bonds is 7. The minimum atomic E-state index is -2.04. The molecule has 0 fully saturated rings. The van der Waals surface area contributed by atoms with E-state index in [4.69, 9.17) is 13.8 Å². The van der Waals surface area contributed by atoms with Crippen LogP contribution in [0.2, 0.25) is 18.1 Å². The van der Waals surface area contributed by atoms with Crippen LogP contribution in [0.4, 0.5) is 0 Å². The van der Waals surface area contributed by atoms with Crippen molar-refractivity contribution in [1.29, 1.82) is 0 Å². The number of aliphatic hydroxyl groups is 1. The Morgan fingerprint density at radius 1 is 1.31 bits per heavy atom. The smallest absolute Gasteiger partial charge is 0.223 e. The highest BCUT2D eigenvalue weighted by atomic mass is 79.9. The van der Waals surface area contributed by atoms with E-state index in [9.17, 15) is 9.90 Å². The van der Waals surface area contributed by atoms with Gasteiger partial charge in [-0.2, -0.15) is 0 Å². The second-order valence-electron chi connectivity index (χ2n) is 10.5. The Balaban J connectivity index is 1.82. The van der Waals surface area contributed by atoms with E-state index in [0.717, 1.165) is 11.8 Å². The molecule has 3 rings (SSSR count). The minimum Gasteiger partial charge on any atom is -0.485 e. The van der Waals surface area contributed by atoms with Crippen LogP contribution < -0.4 is 10.1 Å². The molecule has 8 nitrogen and oxygen atoms in total. The molecule has 10 heteroatoms. The number of halogens is 1. The van der Waals surface area contributed by atoms with Gasteiger partial charge in [0, 0.05) is 17.0 Å². The molecule has 1 amide bonds. The molecule has 0 saturated heterocycles. The highest BCUT2D eigenvalue weighted by molar-refractivity contribution is 9.09. The second-order valence-corrected chi connectivity index (χ2v) is 16.1. The molecule has 0 aliphatic carbocycles. The maximum absolute atomic E-state index is 13.1. The fraction of sp³-hybridized carbons (Fsp3) is 0.682. The molecule has 0 bridgehead atoms. The number of amides is 1. The van der Waals surface area contributed by atoms with Crippen molar-refractivity contribution >= 4 is 41.2 Å². The zero-order chi connectivity index (χ0) is 23.9. The van der Waals surface area contributed by atoms with Gasteiger partial charge in [-0.25, -0.2) is 4.63 Å². The van der Waals surface area contributed by atoms with Gasteiger partial charge in [-0.1, -0.05) is 36.7 Å². The summed E-state index contributed by atoms with van der Waals surface area (Å²) >= 11 is 3.49. The number of hydrogen-bond donors (Lipinski definition) is 2. The third kappa shape index (κ3) is 5.18. The van der Waals surface area contributed by atoms with Gasteiger partial charge >= 0.3 is 0 Å². The normalized spacial score (nSPS) is 21.7. The summed E-state index contributed by atoms with van der Waals surface area (Å²) in [5.41, 5.74) is 0.844. The Bertz CT molecular complexity index is 972. The first-order chi connectivity index (χ1) is 14.7. The molecule has 32 heavy (non-hydrogen) atoms. The van der Waals surface area contributed by atoms with Crippen LogP contribution in [-0.4, -0.2) is 52.8 Å². The number of aromatic nitrogens is 2. The van der Waals surface area contributed by atoms with Crippen molar-refractivity contribution in [1.82, 2.24) is 15.6 Å². The number of alkyl halides is 1. The summed E-state index contributed by atoms with van der Waals surface area (Å²) in [4.78, 5) is 13.1. The van der Waals surface area contributed by atoms with Crippen molar-refractivity contribution in [2.75, 3.05) is 5.33 Å². The van der Waals surface area contributed by atoms with Crippen LogP contribution in [0, 0.1) is 0 Å². The molecular formula is C22H34BrN3O5Si. The average molecular weight is 529 g/mol. The van der Waals surface area contributed by atoms with Crippen LogP contribution in [0.3, 0.4) is 0 Å². The van der Waals surface area contributed by atoms with Crippen molar-refractivity contribution in [2.45, 2.75) is 89.4 Å². The molecule has 2 N–H and O–H groups in total. The predicted molar refractivity (Wildman–Crippen MR) is 128 cm³/mol. The fourth-order valence-electron chi connectivity index (χ4n) is 3.59. The number of aliphatic hydroxyl groups excluding tert-OH is 1. The lowest BCUT2D eigenvalue weighted by atomic mass is 9.86. The number of nitrogens with zero attached hydrogens (tertiary/aromatic N) is 2. The lowest BCUT2D eigenvalue weighted by molar-refractivity contribution is -0.127. The molecule has 1 aromatic carbocycles. The van der Waals surface area contributed by atoms with Crippen LogP contribution in [0.25, 0.3) is 11.0 Å². The van der Waals surface area contributed by atoms with Crippen LogP contribution in [0.5, 0.6) is 5.75 Å². The van der Waals surface area contributed by atoms with Crippen molar-refractivity contribution in [3.05, 3.63) is 17.7 Å². The lowest BCUT2D eigenvalue weighted by Gasteiger charge is -2.42. The van der Waals surface area contributed by atoms with E-state index in [1.54, 1.807) is 26.0 Å². The number of nitrogens with one attached hydrogen (secondary N) is 1. The highest BCUT2D eigenvalue weighted by Crippen LogP contribution is 2.42. The number of carbonyl (C=O) groups is 1. The van der Waals surface area contributed by atoms with Gasteiger partial charge in [-0.3, -0.25) is 4.79 Å². The number of ether oxygens (including phenoxy) is 1. The Kier molecular flexibility index (Phi) is 7.10. The second kappa shape index (κ2) is 9.04. The number of benzene rings is 1. The lowest BCUT2D eigenvalue weighted by Crippen LogP contribution is -2.54. The van der Waals surface area contributed by atoms with Crippen molar-refractivity contribution < 1.29 is 23.7 Å². The van der Waals surface area contributed by atoms with E-state index in [2.05, 4.69) is 65.4 Å². The van der Waals surface area contributed by atoms with Gasteiger partial charge in [-0.15, -0.1) is 0 Å². The van der Waals surface area contributed by atoms with Gasteiger partial charge in [0.05, 0.1) is 18.6 Å². The molecule has 2 aromatic rings. The molecular weight excluding hydrogens is 494 g/mol. The Morgan fingerprint density at radius 2 is 1.94 bits per heavy atom. The molecule has 3 unspecified atom stereocenters. The van der Waals surface area contributed by atoms with Crippen molar-refractivity contribution in [2.24, 2.45) is 0 Å². The zero-order valence-corrected chi connectivity index (χ0v) is 22.4. The molecule has 0 radical (unpaired) electrons. The van der Waals surface area contributed by atoms with Crippen LogP contribution >= 0.6 is 15.9 Å². The van der Waals surface area contributed by atoms with E-state index in [1.807, 2.05) is 0 Å². The molecule has 2 heterocycles. The van der Waals surface area contributed by atoms with Gasteiger partial charge < -0.3 is 19.6 Å². The number of carbonyl (C=O) groups excluding carboxylic acids is 1. The van der Waals surface area contributed by atoms with Crippen LogP contribution in [-0.2, 0) is 9.22 Å². The summed E-state index contributed by atoms with van der Waals surface area (Å²) in [7, 11) is -2.04. The number of fused-ring (bicyclic) bond motifs is 2. The molecule has 3 atom stereocenters. The summed E-state index contributed by atoms with van der Waals surface area (Å²) in [6.07, 6.45) is -0.218. The topological polar surface area (TPSA) is 107 Å². The maximum Gasteiger partial charge on any atom is 0.223 e. The van der Waals surface area contributed by atoms with E-state index in [-0.39, 0.29) is 23.5 Å².